The van der Waals surface area contributed by atoms with Gasteiger partial charge in [-0.25, -0.2) is 4.79 Å². The summed E-state index contributed by atoms with van der Waals surface area (Å²) >= 11 is 0. The zero-order valence-corrected chi connectivity index (χ0v) is 16.2. The van der Waals surface area contributed by atoms with Crippen molar-refractivity contribution < 1.29 is 19.1 Å². The van der Waals surface area contributed by atoms with Crippen molar-refractivity contribution in [3.63, 3.8) is 0 Å². The zero-order valence-electron chi connectivity index (χ0n) is 16.2. The first-order valence-electron chi connectivity index (χ1n) is 9.32. The molecule has 3 atom stereocenters. The number of hydrogen-bond donors (Lipinski definition) is 0. The molecule has 1 saturated heterocycles. The maximum Gasteiger partial charge on any atom is 0.334 e. The van der Waals surface area contributed by atoms with Gasteiger partial charge in [0.25, 0.3) is 0 Å². The zero-order chi connectivity index (χ0) is 19.3. The Morgan fingerprint density at radius 2 is 2.12 bits per heavy atom. The molecule has 0 saturated carbocycles. The smallest absolute Gasteiger partial charge is 0.334 e. The molecule has 0 aromatic heterocycles. The molecule has 0 radical (unpaired) electrons. The third kappa shape index (κ3) is 5.20. The highest BCUT2D eigenvalue weighted by Crippen LogP contribution is 2.39. The number of rotatable bonds is 4. The first kappa shape index (κ1) is 20.2. The molecule has 4 heteroatoms. The van der Waals surface area contributed by atoms with E-state index in [1.165, 1.54) is 12.5 Å². The molecule has 0 N–H and O–H groups in total. The van der Waals surface area contributed by atoms with Crippen molar-refractivity contribution in [3.8, 4) is 0 Å². The van der Waals surface area contributed by atoms with Crippen LogP contribution in [-0.2, 0) is 19.1 Å². The van der Waals surface area contributed by atoms with Gasteiger partial charge in [-0.05, 0) is 45.1 Å². The van der Waals surface area contributed by atoms with E-state index in [2.05, 4.69) is 26.2 Å². The largest absolute Gasteiger partial charge is 0.462 e. The highest BCUT2D eigenvalue weighted by Gasteiger charge is 2.36. The van der Waals surface area contributed by atoms with Gasteiger partial charge in [0.05, 0.1) is 6.61 Å². The summed E-state index contributed by atoms with van der Waals surface area (Å²) in [6.07, 6.45) is 7.94. The maximum atomic E-state index is 12.5. The van der Waals surface area contributed by atoms with Gasteiger partial charge < -0.3 is 9.47 Å². The normalized spacial score (nSPS) is 28.6. The fourth-order valence-corrected chi connectivity index (χ4v) is 3.69. The summed E-state index contributed by atoms with van der Waals surface area (Å²) in [4.78, 5) is 23.8. The van der Waals surface area contributed by atoms with Crippen LogP contribution >= 0.6 is 0 Å². The van der Waals surface area contributed by atoms with Crippen LogP contribution in [-0.4, -0.2) is 24.6 Å². The second kappa shape index (κ2) is 9.02. The number of carbonyl (C=O) groups is 2. The molecule has 4 nitrogen and oxygen atoms in total. The van der Waals surface area contributed by atoms with Crippen molar-refractivity contribution >= 4 is 11.9 Å². The molecule has 0 unspecified atom stereocenters. The number of fused-ring (bicyclic) bond motifs is 1. The lowest BCUT2D eigenvalue weighted by molar-refractivity contribution is -0.145. The molecule has 0 amide bonds. The molecule has 0 bridgehead atoms. The molecule has 1 aliphatic heterocycles. The second-order valence-corrected chi connectivity index (χ2v) is 7.44. The van der Waals surface area contributed by atoms with Gasteiger partial charge in [0.2, 0.25) is 0 Å². The predicted molar refractivity (Wildman–Crippen MR) is 102 cm³/mol. The SMILES string of the molecule is C=C(C)[C@H](CC=C1C(=O)OC[C@H]2C(=C)CC/C=C(/C)CC[C@H]12)OC(C)=O. The maximum absolute atomic E-state index is 12.5. The summed E-state index contributed by atoms with van der Waals surface area (Å²) in [6, 6.07) is 0. The molecule has 0 aromatic carbocycles. The van der Waals surface area contributed by atoms with Crippen molar-refractivity contribution in [1.82, 2.24) is 0 Å². The molecule has 26 heavy (non-hydrogen) atoms. The molecule has 1 aliphatic carbocycles. The van der Waals surface area contributed by atoms with Crippen LogP contribution in [0, 0.1) is 11.8 Å². The number of allylic oxidation sites excluding steroid dienone is 2. The number of hydrogen-bond acceptors (Lipinski definition) is 4. The molecule has 0 spiro atoms. The molecule has 2 aliphatic rings. The van der Waals surface area contributed by atoms with Crippen LogP contribution < -0.4 is 0 Å². The Hall–Kier alpha value is -2.10. The summed E-state index contributed by atoms with van der Waals surface area (Å²) in [7, 11) is 0. The van der Waals surface area contributed by atoms with E-state index in [1.54, 1.807) is 0 Å². The molecule has 1 heterocycles. The average molecular weight is 358 g/mol. The first-order chi connectivity index (χ1) is 12.3. The standard InChI is InChI=1S/C22H30O4/c1-14(2)21(26-17(5)23)12-11-19-18-10-9-15(3)7-6-8-16(4)20(18)13-25-22(19)24/h7,11,18,20-21H,1,4,6,8-10,12-13H2,2-3,5H3/b15-7-,19-11?/t18-,20+,21+/m1/s1. The molecule has 2 rings (SSSR count). The Labute approximate surface area is 156 Å². The molecule has 142 valence electrons. The first-order valence-corrected chi connectivity index (χ1v) is 9.32. The van der Waals surface area contributed by atoms with E-state index >= 15 is 0 Å². The van der Waals surface area contributed by atoms with Crippen LogP contribution in [0.1, 0.15) is 52.9 Å². The number of ether oxygens (including phenoxy) is 2. The van der Waals surface area contributed by atoms with E-state index in [1.807, 2.05) is 13.0 Å². The Morgan fingerprint density at radius 1 is 1.38 bits per heavy atom. The van der Waals surface area contributed by atoms with E-state index in [9.17, 15) is 9.59 Å². The van der Waals surface area contributed by atoms with Gasteiger partial charge in [-0.15, -0.1) is 0 Å². The number of cyclic esters (lactones) is 1. The van der Waals surface area contributed by atoms with Gasteiger partial charge in [-0.2, -0.15) is 0 Å². The van der Waals surface area contributed by atoms with Crippen LogP contribution in [0.15, 0.2) is 47.6 Å². The lowest BCUT2D eigenvalue weighted by Crippen LogP contribution is -2.34. The van der Waals surface area contributed by atoms with Crippen molar-refractivity contribution in [2.75, 3.05) is 6.61 Å². The molecule has 0 aromatic rings. The van der Waals surface area contributed by atoms with Gasteiger partial charge in [0, 0.05) is 30.8 Å². The fourth-order valence-electron chi connectivity index (χ4n) is 3.69. The molecule has 1 fully saturated rings. The Balaban J connectivity index is 2.26. The second-order valence-electron chi connectivity index (χ2n) is 7.44. The van der Waals surface area contributed by atoms with Crippen molar-refractivity contribution in [1.29, 1.82) is 0 Å². The monoisotopic (exact) mass is 358 g/mol. The quantitative estimate of drug-likeness (QED) is 0.416. The van der Waals surface area contributed by atoms with Crippen LogP contribution in [0.5, 0.6) is 0 Å². The van der Waals surface area contributed by atoms with E-state index in [-0.39, 0.29) is 23.8 Å². The summed E-state index contributed by atoms with van der Waals surface area (Å²) < 4.78 is 10.8. The van der Waals surface area contributed by atoms with Crippen molar-refractivity contribution in [3.05, 3.63) is 47.6 Å². The minimum absolute atomic E-state index is 0.105. The molecular formula is C22H30O4. The van der Waals surface area contributed by atoms with Gasteiger partial charge >= 0.3 is 11.9 Å². The van der Waals surface area contributed by atoms with E-state index in [0.29, 0.717) is 18.6 Å². The minimum atomic E-state index is -0.422. The van der Waals surface area contributed by atoms with E-state index < -0.39 is 6.10 Å². The topological polar surface area (TPSA) is 52.6 Å². The summed E-state index contributed by atoms with van der Waals surface area (Å²) in [5.74, 6) is -0.344. The van der Waals surface area contributed by atoms with Gasteiger partial charge in [-0.3, -0.25) is 4.79 Å². The summed E-state index contributed by atoms with van der Waals surface area (Å²) in [5, 5.41) is 0. The number of carbonyl (C=O) groups excluding carboxylic acids is 2. The number of esters is 2. The molecular weight excluding hydrogens is 328 g/mol. The van der Waals surface area contributed by atoms with Crippen molar-refractivity contribution in [2.24, 2.45) is 11.8 Å². The van der Waals surface area contributed by atoms with E-state index in [4.69, 9.17) is 9.47 Å². The van der Waals surface area contributed by atoms with Crippen LogP contribution in [0.4, 0.5) is 0 Å². The summed E-state index contributed by atoms with van der Waals surface area (Å²) in [6.45, 7) is 13.9. The Kier molecular flexibility index (Phi) is 7.01. The van der Waals surface area contributed by atoms with Gasteiger partial charge in [0.15, 0.2) is 0 Å². The van der Waals surface area contributed by atoms with Crippen LogP contribution in [0.25, 0.3) is 0 Å². The lowest BCUT2D eigenvalue weighted by Gasteiger charge is -2.34. The van der Waals surface area contributed by atoms with Crippen molar-refractivity contribution in [2.45, 2.75) is 59.0 Å². The Morgan fingerprint density at radius 3 is 2.77 bits per heavy atom. The highest BCUT2D eigenvalue weighted by atomic mass is 16.5. The van der Waals surface area contributed by atoms with Crippen LogP contribution in [0.3, 0.4) is 0 Å². The average Bonchev–Trinajstić information content (AvgIpc) is 2.62. The summed E-state index contributed by atoms with van der Waals surface area (Å²) in [5.41, 5.74) is 3.96. The third-order valence-corrected chi connectivity index (χ3v) is 5.26. The van der Waals surface area contributed by atoms with Gasteiger partial charge in [-0.1, -0.05) is 36.5 Å². The third-order valence-electron chi connectivity index (χ3n) is 5.26. The minimum Gasteiger partial charge on any atom is -0.462 e. The fraction of sp³-hybridized carbons (Fsp3) is 0.545. The van der Waals surface area contributed by atoms with Gasteiger partial charge in [0.1, 0.15) is 6.10 Å². The van der Waals surface area contributed by atoms with E-state index in [0.717, 1.165) is 36.8 Å². The lowest BCUT2D eigenvalue weighted by atomic mass is 9.76. The highest BCUT2D eigenvalue weighted by molar-refractivity contribution is 5.90. The predicted octanol–water partition coefficient (Wildman–Crippen LogP) is 4.68. The Bertz CT molecular complexity index is 653. The van der Waals surface area contributed by atoms with Crippen LogP contribution in [0.2, 0.25) is 0 Å².